The first-order valence-electron chi connectivity index (χ1n) is 6.76. The molecule has 1 N–H and O–H groups in total. The van der Waals surface area contributed by atoms with Gasteiger partial charge >= 0.3 is 0 Å². The van der Waals surface area contributed by atoms with Gasteiger partial charge in [0.15, 0.2) is 5.82 Å². The molecule has 1 amide bonds. The third-order valence-electron chi connectivity index (χ3n) is 3.07. The molecular formula is C15H10Cl2FN5O. The Labute approximate surface area is 146 Å². The molecule has 0 aliphatic heterocycles. The second kappa shape index (κ2) is 6.94. The minimum atomic E-state index is -0.660. The molecule has 2 aromatic heterocycles. The Balaban J connectivity index is 1.78. The van der Waals surface area contributed by atoms with Crippen LogP contribution in [0.5, 0.6) is 0 Å². The fraction of sp³-hybridized carbons (Fsp3) is 0.0667. The number of hydrogen-bond acceptors (Lipinski definition) is 4. The van der Waals surface area contributed by atoms with Crippen molar-refractivity contribution >= 4 is 35.1 Å². The standard InChI is InChI=1S/C15H10Cl2FN5O/c16-11-3-1-10(2-4-11)14(24)21-15-20-8-23(22-15)13-12(17)5-9(6-18)7-19-13/h1-5,7-8H,6H2,(H,21,22,24). The zero-order chi connectivity index (χ0) is 17.1. The summed E-state index contributed by atoms with van der Waals surface area (Å²) in [6.07, 6.45) is 2.70. The molecule has 6 nitrogen and oxygen atoms in total. The van der Waals surface area contributed by atoms with E-state index in [1.165, 1.54) is 23.3 Å². The van der Waals surface area contributed by atoms with Crippen molar-refractivity contribution in [1.29, 1.82) is 0 Å². The van der Waals surface area contributed by atoms with Gasteiger partial charge in [-0.15, -0.1) is 5.10 Å². The highest BCUT2D eigenvalue weighted by Crippen LogP contribution is 2.19. The predicted molar refractivity (Wildman–Crippen MR) is 88.4 cm³/mol. The quantitative estimate of drug-likeness (QED) is 0.764. The molecule has 0 spiro atoms. The van der Waals surface area contributed by atoms with Gasteiger partial charge in [-0.1, -0.05) is 23.2 Å². The topological polar surface area (TPSA) is 72.7 Å². The summed E-state index contributed by atoms with van der Waals surface area (Å²) in [5.74, 6) is -0.00741. The number of amides is 1. The summed E-state index contributed by atoms with van der Waals surface area (Å²) >= 11 is 11.8. The van der Waals surface area contributed by atoms with Crippen molar-refractivity contribution in [3.63, 3.8) is 0 Å². The van der Waals surface area contributed by atoms with Gasteiger partial charge in [0.1, 0.15) is 13.0 Å². The van der Waals surface area contributed by atoms with Crippen molar-refractivity contribution < 1.29 is 9.18 Å². The maximum atomic E-state index is 12.6. The van der Waals surface area contributed by atoms with Crippen LogP contribution in [0.4, 0.5) is 10.3 Å². The van der Waals surface area contributed by atoms with Gasteiger partial charge in [0, 0.05) is 22.3 Å². The van der Waals surface area contributed by atoms with Crippen molar-refractivity contribution in [2.75, 3.05) is 5.32 Å². The first kappa shape index (κ1) is 16.4. The van der Waals surface area contributed by atoms with Gasteiger partial charge in [-0.3, -0.25) is 10.1 Å². The first-order valence-corrected chi connectivity index (χ1v) is 7.52. The third-order valence-corrected chi connectivity index (χ3v) is 3.60. The molecule has 122 valence electrons. The van der Waals surface area contributed by atoms with Crippen molar-refractivity contribution in [1.82, 2.24) is 19.7 Å². The number of carbonyl (C=O) groups excluding carboxylic acids is 1. The summed E-state index contributed by atoms with van der Waals surface area (Å²) in [7, 11) is 0. The molecule has 0 aliphatic rings. The lowest BCUT2D eigenvalue weighted by Crippen LogP contribution is -2.13. The summed E-state index contributed by atoms with van der Waals surface area (Å²) < 4.78 is 13.9. The molecule has 0 fully saturated rings. The molecule has 0 saturated carbocycles. The van der Waals surface area contributed by atoms with Gasteiger partial charge in [-0.05, 0) is 30.3 Å². The summed E-state index contributed by atoms with van der Waals surface area (Å²) in [5, 5.41) is 7.40. The zero-order valence-corrected chi connectivity index (χ0v) is 13.6. The largest absolute Gasteiger partial charge is 0.289 e. The van der Waals surface area contributed by atoms with Crippen molar-refractivity contribution in [2.24, 2.45) is 0 Å². The molecule has 0 aliphatic carbocycles. The van der Waals surface area contributed by atoms with Gasteiger partial charge in [0.2, 0.25) is 5.95 Å². The third kappa shape index (κ3) is 3.52. The van der Waals surface area contributed by atoms with Crippen molar-refractivity contribution in [2.45, 2.75) is 6.67 Å². The molecule has 3 rings (SSSR count). The molecule has 24 heavy (non-hydrogen) atoms. The Morgan fingerprint density at radius 3 is 2.62 bits per heavy atom. The summed E-state index contributed by atoms with van der Waals surface area (Å²) in [4.78, 5) is 20.1. The number of carbonyl (C=O) groups is 1. The molecule has 0 atom stereocenters. The Morgan fingerprint density at radius 1 is 1.21 bits per heavy atom. The number of nitrogens with zero attached hydrogens (tertiary/aromatic N) is 4. The number of alkyl halides is 1. The first-order chi connectivity index (χ1) is 11.6. The second-order valence-corrected chi connectivity index (χ2v) is 5.60. The Hall–Kier alpha value is -2.51. The van der Waals surface area contributed by atoms with Crippen LogP contribution in [0.25, 0.3) is 5.82 Å². The lowest BCUT2D eigenvalue weighted by Gasteiger charge is -2.03. The van der Waals surface area contributed by atoms with Crippen LogP contribution < -0.4 is 5.32 Å². The fourth-order valence-corrected chi connectivity index (χ4v) is 2.31. The Morgan fingerprint density at radius 2 is 1.96 bits per heavy atom. The molecule has 1 aromatic carbocycles. The zero-order valence-electron chi connectivity index (χ0n) is 12.1. The van der Waals surface area contributed by atoms with Crippen LogP contribution in [0.2, 0.25) is 10.0 Å². The number of aromatic nitrogens is 4. The maximum Gasteiger partial charge on any atom is 0.258 e. The molecule has 0 unspecified atom stereocenters. The van der Waals surface area contributed by atoms with E-state index in [4.69, 9.17) is 23.2 Å². The summed E-state index contributed by atoms with van der Waals surface area (Å²) in [6, 6.07) is 7.85. The van der Waals surface area contributed by atoms with E-state index in [1.807, 2.05) is 0 Å². The SMILES string of the molecule is O=C(Nc1ncn(-c2ncc(CF)cc2Cl)n1)c1ccc(Cl)cc1. The van der Waals surface area contributed by atoms with E-state index in [9.17, 15) is 9.18 Å². The Kier molecular flexibility index (Phi) is 4.73. The average Bonchev–Trinajstić information content (AvgIpc) is 3.03. The van der Waals surface area contributed by atoms with Gasteiger partial charge in [-0.25, -0.2) is 9.37 Å². The highest BCUT2D eigenvalue weighted by molar-refractivity contribution is 6.32. The lowest BCUT2D eigenvalue weighted by molar-refractivity contribution is 0.102. The van der Waals surface area contributed by atoms with Gasteiger partial charge < -0.3 is 0 Å². The number of rotatable bonds is 4. The fourth-order valence-electron chi connectivity index (χ4n) is 1.91. The van der Waals surface area contributed by atoms with E-state index >= 15 is 0 Å². The Bertz CT molecular complexity index is 882. The summed E-state index contributed by atoms with van der Waals surface area (Å²) in [6.45, 7) is -0.660. The number of benzene rings is 1. The molecular weight excluding hydrogens is 356 g/mol. The van der Waals surface area contributed by atoms with E-state index in [2.05, 4.69) is 20.4 Å². The normalized spacial score (nSPS) is 10.6. The lowest BCUT2D eigenvalue weighted by atomic mass is 10.2. The van der Waals surface area contributed by atoms with Crippen LogP contribution in [0, 0.1) is 0 Å². The number of pyridine rings is 1. The van der Waals surface area contributed by atoms with E-state index < -0.39 is 6.67 Å². The molecule has 2 heterocycles. The van der Waals surface area contributed by atoms with Crippen LogP contribution in [-0.4, -0.2) is 25.7 Å². The van der Waals surface area contributed by atoms with Gasteiger partial charge in [0.25, 0.3) is 5.91 Å². The van der Waals surface area contributed by atoms with Crippen LogP contribution in [0.15, 0.2) is 42.9 Å². The number of halogens is 3. The maximum absolute atomic E-state index is 12.6. The predicted octanol–water partition coefficient (Wildman–Crippen LogP) is 3.69. The van der Waals surface area contributed by atoms with Crippen LogP contribution in [-0.2, 0) is 6.67 Å². The smallest absolute Gasteiger partial charge is 0.258 e. The van der Waals surface area contributed by atoms with E-state index in [0.717, 1.165) is 0 Å². The average molecular weight is 366 g/mol. The molecule has 3 aromatic rings. The van der Waals surface area contributed by atoms with Gasteiger partial charge in [-0.2, -0.15) is 9.67 Å². The summed E-state index contributed by atoms with van der Waals surface area (Å²) in [5.41, 5.74) is 0.777. The van der Waals surface area contributed by atoms with Gasteiger partial charge in [0.05, 0.1) is 5.02 Å². The van der Waals surface area contributed by atoms with E-state index in [0.29, 0.717) is 16.1 Å². The highest BCUT2D eigenvalue weighted by Gasteiger charge is 2.12. The van der Waals surface area contributed by atoms with Crippen LogP contribution >= 0.6 is 23.2 Å². The van der Waals surface area contributed by atoms with Crippen LogP contribution in [0.1, 0.15) is 15.9 Å². The number of nitrogens with one attached hydrogen (secondary N) is 1. The monoisotopic (exact) mass is 365 g/mol. The van der Waals surface area contributed by atoms with Crippen LogP contribution in [0.3, 0.4) is 0 Å². The molecule has 0 bridgehead atoms. The molecule has 9 heteroatoms. The molecule has 0 saturated heterocycles. The highest BCUT2D eigenvalue weighted by atomic mass is 35.5. The minimum absolute atomic E-state index is 0.0855. The van der Waals surface area contributed by atoms with Crippen molar-refractivity contribution in [3.05, 3.63) is 64.0 Å². The van der Waals surface area contributed by atoms with Crippen molar-refractivity contribution in [3.8, 4) is 5.82 Å². The second-order valence-electron chi connectivity index (χ2n) is 4.76. The van der Waals surface area contributed by atoms with E-state index in [1.54, 1.807) is 24.3 Å². The van der Waals surface area contributed by atoms with E-state index in [-0.39, 0.29) is 22.7 Å². The molecule has 0 radical (unpaired) electrons. The number of hydrogen-bond donors (Lipinski definition) is 1. The minimum Gasteiger partial charge on any atom is -0.289 e. The number of anilines is 1.